The van der Waals surface area contributed by atoms with E-state index in [4.69, 9.17) is 9.47 Å². The number of hydrogen-bond acceptors (Lipinski definition) is 5. The van der Waals surface area contributed by atoms with Crippen molar-refractivity contribution in [3.8, 4) is 11.1 Å². The molecular formula is C25H28N2O6. The fourth-order valence-electron chi connectivity index (χ4n) is 3.98. The Morgan fingerprint density at radius 1 is 1.09 bits per heavy atom. The first kappa shape index (κ1) is 23.8. The third kappa shape index (κ3) is 5.71. The lowest BCUT2D eigenvalue weighted by Gasteiger charge is -2.25. The Balaban J connectivity index is 1.56. The standard InChI is InChI=1S/C25H28N2O6/c1-3-15-32-24(30)26-14-8-13-22(23(28)29)27(2)25(31)33-16-21-19-11-6-4-9-17(19)18-10-5-7-12-20(18)21/h3-7,9-12,21-22H,1,8,13-16H2,2H3,(H,26,30)(H,28,29)/t22-/m1/s1. The number of rotatable bonds is 10. The molecule has 8 heteroatoms. The Morgan fingerprint density at radius 3 is 2.27 bits per heavy atom. The van der Waals surface area contributed by atoms with Crippen LogP contribution < -0.4 is 5.32 Å². The number of nitrogens with one attached hydrogen (secondary N) is 1. The Kier molecular flexibility index (Phi) is 8.07. The fourth-order valence-corrected chi connectivity index (χ4v) is 3.98. The number of carbonyl (C=O) groups is 3. The molecular weight excluding hydrogens is 424 g/mol. The summed E-state index contributed by atoms with van der Waals surface area (Å²) < 4.78 is 10.3. The van der Waals surface area contributed by atoms with Crippen molar-refractivity contribution in [2.24, 2.45) is 0 Å². The van der Waals surface area contributed by atoms with Crippen LogP contribution in [0.3, 0.4) is 0 Å². The average Bonchev–Trinajstić information content (AvgIpc) is 3.14. The van der Waals surface area contributed by atoms with Crippen LogP contribution in [0.5, 0.6) is 0 Å². The summed E-state index contributed by atoms with van der Waals surface area (Å²) in [5.74, 6) is -1.25. The van der Waals surface area contributed by atoms with Crippen molar-refractivity contribution in [3.63, 3.8) is 0 Å². The summed E-state index contributed by atoms with van der Waals surface area (Å²) in [7, 11) is 1.41. The molecule has 2 N–H and O–H groups in total. The fraction of sp³-hybridized carbons (Fsp3) is 0.320. The van der Waals surface area contributed by atoms with Crippen molar-refractivity contribution in [1.29, 1.82) is 0 Å². The van der Waals surface area contributed by atoms with E-state index in [1.54, 1.807) is 0 Å². The second-order valence-electron chi connectivity index (χ2n) is 7.73. The molecule has 0 unspecified atom stereocenters. The summed E-state index contributed by atoms with van der Waals surface area (Å²) in [4.78, 5) is 36.9. The molecule has 0 spiro atoms. The summed E-state index contributed by atoms with van der Waals surface area (Å²) in [6.07, 6.45) is 0.636. The van der Waals surface area contributed by atoms with Gasteiger partial charge in [-0.2, -0.15) is 0 Å². The van der Waals surface area contributed by atoms with Crippen molar-refractivity contribution in [3.05, 3.63) is 72.3 Å². The minimum Gasteiger partial charge on any atom is -0.480 e. The summed E-state index contributed by atoms with van der Waals surface area (Å²) in [5.41, 5.74) is 4.40. The van der Waals surface area contributed by atoms with Crippen molar-refractivity contribution >= 4 is 18.2 Å². The van der Waals surface area contributed by atoms with Gasteiger partial charge in [-0.1, -0.05) is 61.2 Å². The van der Waals surface area contributed by atoms with Gasteiger partial charge in [-0.25, -0.2) is 14.4 Å². The molecule has 0 saturated carbocycles. The van der Waals surface area contributed by atoms with E-state index in [1.807, 2.05) is 48.5 Å². The van der Waals surface area contributed by atoms with Crippen molar-refractivity contribution in [2.75, 3.05) is 26.8 Å². The van der Waals surface area contributed by atoms with Gasteiger partial charge in [0.1, 0.15) is 19.3 Å². The van der Waals surface area contributed by atoms with E-state index in [2.05, 4.69) is 11.9 Å². The highest BCUT2D eigenvalue weighted by Crippen LogP contribution is 2.44. The minimum absolute atomic E-state index is 0.0914. The smallest absolute Gasteiger partial charge is 0.410 e. The maximum atomic E-state index is 12.7. The van der Waals surface area contributed by atoms with E-state index in [9.17, 15) is 19.5 Å². The van der Waals surface area contributed by atoms with Crippen LogP contribution in [-0.2, 0) is 14.3 Å². The highest BCUT2D eigenvalue weighted by Gasteiger charge is 2.31. The van der Waals surface area contributed by atoms with E-state index in [-0.39, 0.29) is 32.1 Å². The van der Waals surface area contributed by atoms with Crippen molar-refractivity contribution in [1.82, 2.24) is 10.2 Å². The van der Waals surface area contributed by atoms with E-state index >= 15 is 0 Å². The minimum atomic E-state index is -1.14. The number of carboxylic acids is 1. The van der Waals surface area contributed by atoms with Gasteiger partial charge >= 0.3 is 18.2 Å². The van der Waals surface area contributed by atoms with Gasteiger partial charge in [0, 0.05) is 19.5 Å². The van der Waals surface area contributed by atoms with E-state index in [1.165, 1.54) is 13.1 Å². The van der Waals surface area contributed by atoms with Crippen molar-refractivity contribution in [2.45, 2.75) is 24.8 Å². The second kappa shape index (κ2) is 11.2. The number of aliphatic carboxylic acids is 1. The second-order valence-corrected chi connectivity index (χ2v) is 7.73. The normalized spacial score (nSPS) is 12.8. The van der Waals surface area contributed by atoms with E-state index < -0.39 is 24.2 Å². The first-order valence-corrected chi connectivity index (χ1v) is 10.8. The number of alkyl carbamates (subject to hydrolysis) is 1. The lowest BCUT2D eigenvalue weighted by Crippen LogP contribution is -2.43. The number of fused-ring (bicyclic) bond motifs is 3. The van der Waals surface area contributed by atoms with E-state index in [0.29, 0.717) is 6.42 Å². The van der Waals surface area contributed by atoms with Crippen LogP contribution in [0.15, 0.2) is 61.2 Å². The molecule has 0 fully saturated rings. The SMILES string of the molecule is C=CCOC(=O)NCCC[C@H](C(=O)O)N(C)C(=O)OCC1c2ccccc2-c2ccccc21. The first-order valence-electron chi connectivity index (χ1n) is 10.8. The molecule has 33 heavy (non-hydrogen) atoms. The number of benzene rings is 2. The van der Waals surface area contributed by atoms with Crippen LogP contribution in [-0.4, -0.2) is 61.0 Å². The molecule has 0 radical (unpaired) electrons. The first-order chi connectivity index (χ1) is 15.9. The van der Waals surface area contributed by atoms with Gasteiger partial charge in [-0.05, 0) is 35.1 Å². The summed E-state index contributed by atoms with van der Waals surface area (Å²) >= 11 is 0. The molecule has 3 rings (SSSR count). The van der Waals surface area contributed by atoms with Crippen LogP contribution in [0.25, 0.3) is 11.1 Å². The lowest BCUT2D eigenvalue weighted by molar-refractivity contribution is -0.142. The predicted octanol–water partition coefficient (Wildman–Crippen LogP) is 4.01. The zero-order valence-electron chi connectivity index (χ0n) is 18.5. The molecule has 0 aliphatic heterocycles. The van der Waals surface area contributed by atoms with Crippen LogP contribution in [0.4, 0.5) is 9.59 Å². The van der Waals surface area contributed by atoms with Gasteiger partial charge in [0.05, 0.1) is 0 Å². The van der Waals surface area contributed by atoms with Crippen LogP contribution in [0, 0.1) is 0 Å². The molecule has 8 nitrogen and oxygen atoms in total. The number of likely N-dealkylation sites (N-methyl/N-ethyl adjacent to an activating group) is 1. The lowest BCUT2D eigenvalue weighted by atomic mass is 9.98. The van der Waals surface area contributed by atoms with Gasteiger partial charge in [0.25, 0.3) is 0 Å². The zero-order valence-corrected chi connectivity index (χ0v) is 18.5. The van der Waals surface area contributed by atoms with Crippen molar-refractivity contribution < 1.29 is 29.0 Å². The maximum Gasteiger partial charge on any atom is 0.410 e. The third-order valence-electron chi connectivity index (χ3n) is 5.63. The van der Waals surface area contributed by atoms with Gasteiger partial charge in [0.15, 0.2) is 0 Å². The zero-order chi connectivity index (χ0) is 23.8. The molecule has 1 atom stereocenters. The highest BCUT2D eigenvalue weighted by atomic mass is 16.6. The van der Waals surface area contributed by atoms with Crippen LogP contribution in [0.1, 0.15) is 29.9 Å². The predicted molar refractivity (Wildman–Crippen MR) is 123 cm³/mol. The van der Waals surface area contributed by atoms with Gasteiger partial charge in [0.2, 0.25) is 0 Å². The molecule has 0 saturated heterocycles. The van der Waals surface area contributed by atoms with E-state index in [0.717, 1.165) is 27.2 Å². The number of carbonyl (C=O) groups excluding carboxylic acids is 2. The summed E-state index contributed by atoms with van der Waals surface area (Å²) in [6, 6.07) is 14.9. The van der Waals surface area contributed by atoms with Crippen LogP contribution >= 0.6 is 0 Å². The molecule has 0 heterocycles. The topological polar surface area (TPSA) is 105 Å². The Bertz CT molecular complexity index is 976. The molecule has 2 aromatic carbocycles. The molecule has 174 valence electrons. The van der Waals surface area contributed by atoms with Gasteiger partial charge < -0.3 is 19.9 Å². The quantitative estimate of drug-likeness (QED) is 0.417. The van der Waals surface area contributed by atoms with Crippen LogP contribution in [0.2, 0.25) is 0 Å². The largest absolute Gasteiger partial charge is 0.480 e. The number of amides is 2. The Morgan fingerprint density at radius 2 is 1.70 bits per heavy atom. The van der Waals surface area contributed by atoms with Gasteiger partial charge in [-0.3, -0.25) is 4.90 Å². The Labute approximate surface area is 192 Å². The molecule has 0 bridgehead atoms. The molecule has 2 amide bonds. The van der Waals surface area contributed by atoms with Gasteiger partial charge in [-0.15, -0.1) is 0 Å². The molecule has 2 aromatic rings. The number of hydrogen-bond donors (Lipinski definition) is 2. The number of nitrogens with zero attached hydrogens (tertiary/aromatic N) is 1. The maximum absolute atomic E-state index is 12.7. The summed E-state index contributed by atoms with van der Waals surface area (Å²) in [5, 5.41) is 12.1. The number of ether oxygens (including phenoxy) is 2. The third-order valence-corrected chi connectivity index (χ3v) is 5.63. The molecule has 0 aromatic heterocycles. The monoisotopic (exact) mass is 452 g/mol. The Hall–Kier alpha value is -3.81. The molecule has 1 aliphatic carbocycles. The summed E-state index contributed by atoms with van der Waals surface area (Å²) in [6.45, 7) is 3.87. The number of carboxylic acid groups (broad SMARTS) is 1. The molecule has 1 aliphatic rings. The average molecular weight is 453 g/mol. The highest BCUT2D eigenvalue weighted by molar-refractivity contribution is 5.81.